The summed E-state index contributed by atoms with van der Waals surface area (Å²) in [6, 6.07) is 16.6. The summed E-state index contributed by atoms with van der Waals surface area (Å²) in [5.41, 5.74) is -14.1. The number of esters is 3. The van der Waals surface area contributed by atoms with Gasteiger partial charge in [-0.2, -0.15) is 10.2 Å². The van der Waals surface area contributed by atoms with Crippen LogP contribution in [0.25, 0.3) is 0 Å². The number of nitrogens with one attached hydrogen (secondary N) is 7. The molecule has 4 aromatic heterocycles. The number of benzene rings is 2. The first-order valence-electron chi connectivity index (χ1n) is 39.4. The van der Waals surface area contributed by atoms with Crippen LogP contribution in [0.2, 0.25) is 0 Å². The van der Waals surface area contributed by atoms with Gasteiger partial charge >= 0.3 is 56.2 Å². The lowest BCUT2D eigenvalue weighted by molar-refractivity contribution is -0.301. The number of aliphatic hydroxyl groups is 6. The normalized spacial score (nSPS) is 31.3. The molecule has 0 bridgehead atoms. The fourth-order valence-electron chi connectivity index (χ4n) is 13.3. The van der Waals surface area contributed by atoms with Crippen LogP contribution < -0.4 is 69.3 Å². The second-order valence-electron chi connectivity index (χ2n) is 31.5. The summed E-state index contributed by atoms with van der Waals surface area (Å²) in [5, 5.41) is 66.5. The maximum Gasteiger partial charge on any atom is 0.459 e. The van der Waals surface area contributed by atoms with Crippen LogP contribution in [0.4, 0.5) is 17.6 Å². The Morgan fingerprint density at radius 2 is 0.733 bits per heavy atom. The van der Waals surface area contributed by atoms with E-state index in [9.17, 15) is 101 Å². The van der Waals surface area contributed by atoms with E-state index in [1.807, 2.05) is 15.0 Å². The molecule has 13 N–H and O–H groups in total. The molecular formula is C75H103ClF4N11O37P3. The molecular weight excluding hydrogens is 1850 g/mol. The highest BCUT2D eigenvalue weighted by atomic mass is 35.7. The number of fused-ring (bicyclic) bond motifs is 2. The number of aromatic nitrogens is 8. The fraction of sp³-hybridized carbons (Fsp3) is 0.587. The first-order valence-corrected chi connectivity index (χ1v) is 45.6. The molecule has 5 unspecified atom stereocenters. The molecule has 131 heavy (non-hydrogen) atoms. The van der Waals surface area contributed by atoms with E-state index in [-0.39, 0.29) is 17.6 Å². The zero-order valence-electron chi connectivity index (χ0n) is 72.8. The smallest absolute Gasteiger partial charge is 0.459 e. The van der Waals surface area contributed by atoms with Crippen molar-refractivity contribution in [1.82, 2.24) is 53.5 Å². The quantitative estimate of drug-likeness (QED) is 0.0132. The van der Waals surface area contributed by atoms with Crippen LogP contribution in [0.15, 0.2) is 148 Å². The Morgan fingerprint density at radius 1 is 0.450 bits per heavy atom. The summed E-state index contributed by atoms with van der Waals surface area (Å²) < 4.78 is 193. The second-order valence-corrected chi connectivity index (χ2v) is 38.8. The molecule has 0 amide bonds. The van der Waals surface area contributed by atoms with Gasteiger partial charge in [-0.25, -0.2) is 51.0 Å². The van der Waals surface area contributed by atoms with Crippen LogP contribution in [0, 0.1) is 0 Å². The second kappa shape index (κ2) is 42.7. The molecule has 12 rings (SSSR count). The monoisotopic (exact) mass is 1950 g/mol. The lowest BCUT2D eigenvalue weighted by Gasteiger charge is -2.29. The highest BCUT2D eigenvalue weighted by molar-refractivity contribution is 7.87. The minimum absolute atomic E-state index is 0.0493. The van der Waals surface area contributed by atoms with Crippen molar-refractivity contribution in [3.05, 3.63) is 193 Å². The Bertz CT molecular complexity index is 5620. The highest BCUT2D eigenvalue weighted by Gasteiger charge is 2.73. The molecule has 730 valence electrons. The van der Waals surface area contributed by atoms with Gasteiger partial charge in [0.2, 0.25) is 6.65 Å². The van der Waals surface area contributed by atoms with Crippen molar-refractivity contribution in [2.75, 3.05) is 47.3 Å². The van der Waals surface area contributed by atoms with Gasteiger partial charge in [-0.1, -0.05) is 36.4 Å². The van der Waals surface area contributed by atoms with Crippen molar-refractivity contribution >= 4 is 51.3 Å². The van der Waals surface area contributed by atoms with E-state index in [0.29, 0.717) is 4.57 Å². The van der Waals surface area contributed by atoms with E-state index < -0.39 is 250 Å². The third kappa shape index (κ3) is 25.8. The number of hydrogen-bond donors (Lipinski definition) is 13. The molecule has 0 radical (unpaired) electrons. The Balaban J connectivity index is 0.000000213. The molecule has 6 fully saturated rings. The molecule has 10 heterocycles. The summed E-state index contributed by atoms with van der Waals surface area (Å²) in [5.74, 6) is -13.4. The molecule has 48 nitrogen and oxygen atoms in total. The standard InChI is InChI=1S/C24H31FN3O11P.C22H29FN3O10P.C12H15FN2O7.C10H13FN2O6.C7H15ClNO3P/c1-14(2)35-18(30)15(3)27-40(32,39-16-9-7-6-8-10-16)34-13-24(25)19-23(4,38-22(33-5)36-19)20(37-24)28-12-11-17(29)26-21(28)31;1-13(2)34-17(28)14(3)25-37(32,36-15-8-6-5-7-9-15)33-12-22(23)18(29)21(4,31)19(35-22)26-11-10-16(27)24-20(26)30;1-11-7(20-10(19-2)22-11)12(13,5-16)21-8(11)15-4-3-6(17)14-9(15)18;1-9(18)6(16)10(11,4-14)19-7(9)13-3-2-5(15)12-8(13)17;1-5(2)12-7(10)6(3)9-13(4,8)11/h6-12,14-15,19-20,22H,13H2,1-5H3,(H,27,32)(H,26,29,31);5-11,13-14,18-19,29,31H,12H2,1-4H3,(H,25,32)(H,24,27,30);3-4,7-8,10,16H,5H2,1-2H3,(H,14,17,18);2-3,6-7,14,16,18H,4H2,1H3,(H,12,15,17);5-6H,1-4H3,(H,9,11)/t15-,19-,20+,22?,23+,24+,40?;14-,18-,19+,21+,22+,37?;7-,8+,10?,11+,12+;6-,7+,9+,10+;6-,13?/m00000/s1. The van der Waals surface area contributed by atoms with E-state index >= 15 is 8.78 Å². The average Bonchev–Trinajstić information content (AvgIpc) is 1.55. The lowest BCUT2D eigenvalue weighted by atomic mass is 9.95. The number of carbonyl (C=O) groups excluding carboxylic acids is 3. The van der Waals surface area contributed by atoms with Gasteiger partial charge in [-0.3, -0.25) is 85.4 Å². The van der Waals surface area contributed by atoms with Crippen LogP contribution >= 0.6 is 33.4 Å². The van der Waals surface area contributed by atoms with E-state index in [0.717, 1.165) is 76.6 Å². The number of hydrogen-bond acceptors (Lipinski definition) is 37. The fourth-order valence-corrected chi connectivity index (χ4v) is 17.6. The van der Waals surface area contributed by atoms with Gasteiger partial charge < -0.3 is 101 Å². The summed E-state index contributed by atoms with van der Waals surface area (Å²) >= 11 is 5.45. The number of nitrogens with zero attached hydrogens (tertiary/aromatic N) is 4. The summed E-state index contributed by atoms with van der Waals surface area (Å²) in [6.07, 6.45) is -10.3. The predicted octanol–water partition coefficient (Wildman–Crippen LogP) is 1.59. The number of aromatic amines is 4. The number of H-pyrrole nitrogens is 4. The minimum atomic E-state index is -4.55. The van der Waals surface area contributed by atoms with E-state index in [2.05, 4.69) is 20.2 Å². The number of rotatable bonds is 30. The Kier molecular flexibility index (Phi) is 35.0. The lowest BCUT2D eigenvalue weighted by Crippen LogP contribution is -2.50. The highest BCUT2D eigenvalue weighted by Crippen LogP contribution is 2.57. The number of para-hydroxylation sites is 2. The zero-order chi connectivity index (χ0) is 98.1. The van der Waals surface area contributed by atoms with Crippen LogP contribution in [-0.2, 0) is 98.7 Å². The maximum absolute atomic E-state index is 16.6. The van der Waals surface area contributed by atoms with Gasteiger partial charge in [-0.15, -0.1) is 0 Å². The van der Waals surface area contributed by atoms with Gasteiger partial charge in [0, 0.05) is 69.9 Å². The van der Waals surface area contributed by atoms with Crippen LogP contribution in [0.3, 0.4) is 0 Å². The van der Waals surface area contributed by atoms with E-state index in [4.69, 9.17) is 96.0 Å². The molecule has 0 aliphatic carbocycles. The van der Waals surface area contributed by atoms with Gasteiger partial charge in [-0.05, 0) is 126 Å². The molecule has 0 spiro atoms. The Hall–Kier alpha value is -8.97. The molecule has 6 aliphatic rings. The van der Waals surface area contributed by atoms with Crippen molar-refractivity contribution < 1.29 is 156 Å². The van der Waals surface area contributed by atoms with Gasteiger partial charge in [0.05, 0.1) is 18.3 Å². The van der Waals surface area contributed by atoms with Crippen LogP contribution in [-0.4, -0.2) is 254 Å². The topological polar surface area (TPSA) is 636 Å². The largest absolute Gasteiger partial charge is 0.462 e. The number of methoxy groups -OCH3 is 2. The van der Waals surface area contributed by atoms with Crippen LogP contribution in [0.1, 0.15) is 115 Å². The summed E-state index contributed by atoms with van der Waals surface area (Å²) in [6.45, 7) is 10.6. The third-order valence-corrected chi connectivity index (χ3v) is 23.8. The van der Waals surface area contributed by atoms with Crippen molar-refractivity contribution in [2.24, 2.45) is 0 Å². The van der Waals surface area contributed by atoms with E-state index in [1.54, 1.807) is 84.9 Å². The van der Waals surface area contributed by atoms with Gasteiger partial charge in [0.25, 0.3) is 58.6 Å². The molecule has 6 aromatic rings. The van der Waals surface area contributed by atoms with Gasteiger partial charge in [0.15, 0.2) is 37.1 Å². The average molecular weight is 1960 g/mol. The molecule has 6 saturated heterocycles. The van der Waals surface area contributed by atoms with Crippen molar-refractivity contribution in [2.45, 2.75) is 235 Å². The van der Waals surface area contributed by atoms with Crippen LogP contribution in [0.5, 0.6) is 11.5 Å². The number of halogens is 5. The number of alkyl halides is 4. The molecule has 0 saturated carbocycles. The Labute approximate surface area is 744 Å². The maximum atomic E-state index is 16.6. The number of ether oxygens (including phenoxy) is 13. The van der Waals surface area contributed by atoms with Gasteiger partial charge in [0.1, 0.15) is 90.7 Å². The molecule has 2 aromatic carbocycles. The third-order valence-electron chi connectivity index (χ3n) is 19.4. The van der Waals surface area contributed by atoms with E-state index in [1.165, 1.54) is 72.8 Å². The SMILES string of the molecule is CC(C)OC(=O)[C@H](C)NP(=O)(OC[C@@]1(F)O[C@@H](n2ccc(=O)[nH]c2=O)[C@](C)(O)[C@@H]1O)Oc1ccccc1.CC(C)OC(=O)[C@H](C)NP(C)(=O)Cl.COC1O[C@H]2[C@@](C)(O1)[C@H](n1ccc(=O)[nH]c1=O)O[C@]2(F)CO.COC1O[C@H]2[C@@](C)(O1)[C@H](n1ccc(=O)[nH]c1=O)O[C@]2(F)COP(=O)(N[C@@H](C)C(=O)OC(C)C)Oc1ccccc1.C[C@]1(O)[C@H](n2ccc(=O)[nH]c2=O)O[C@](F)(CO)[C@H]1O. The number of carbonyl (C=O) groups is 3. The number of aliphatic hydroxyl groups excluding tert-OH is 4. The predicted molar refractivity (Wildman–Crippen MR) is 441 cm³/mol. The summed E-state index contributed by atoms with van der Waals surface area (Å²) in [7, 11) is -6.48. The molecule has 6 aliphatic heterocycles. The minimum Gasteiger partial charge on any atom is -0.462 e. The van der Waals surface area contributed by atoms with Crippen molar-refractivity contribution in [1.29, 1.82) is 0 Å². The first-order chi connectivity index (χ1) is 60.7. The molecule has 24 atom stereocenters. The Morgan fingerprint density at radius 3 is 1.03 bits per heavy atom. The first kappa shape index (κ1) is 107. The zero-order valence-corrected chi connectivity index (χ0v) is 76.3. The van der Waals surface area contributed by atoms with Crippen molar-refractivity contribution in [3.8, 4) is 11.5 Å². The molecule has 56 heteroatoms. The van der Waals surface area contributed by atoms with Crippen molar-refractivity contribution in [3.63, 3.8) is 0 Å². The summed E-state index contributed by atoms with van der Waals surface area (Å²) in [4.78, 5) is 137.